The van der Waals surface area contributed by atoms with Gasteiger partial charge in [0.15, 0.2) is 0 Å². The monoisotopic (exact) mass is 462 g/mol. The van der Waals surface area contributed by atoms with Crippen LogP contribution >= 0.6 is 31.9 Å². The topological polar surface area (TPSA) is 48.7 Å². The Kier molecular flexibility index (Phi) is 3.96. The Balaban J connectivity index is 2.27. The van der Waals surface area contributed by atoms with Crippen LogP contribution in [0.3, 0.4) is 0 Å². The van der Waals surface area contributed by atoms with Crippen LogP contribution in [0.15, 0.2) is 54.6 Å². The van der Waals surface area contributed by atoms with Crippen LogP contribution in [0.25, 0.3) is 32.7 Å². The second kappa shape index (κ2) is 6.04. The molecule has 126 valence electrons. The highest BCUT2D eigenvalue weighted by Crippen LogP contribution is 2.47. The predicted molar refractivity (Wildman–Crippen MR) is 106 cm³/mol. The minimum absolute atomic E-state index is 0.0705. The molecule has 0 saturated heterocycles. The molecule has 1 aromatic heterocycles. The molecule has 1 heterocycles. The molecule has 0 aliphatic rings. The molecule has 0 spiro atoms. The van der Waals surface area contributed by atoms with E-state index in [1.165, 1.54) is 0 Å². The highest BCUT2D eigenvalue weighted by Gasteiger charge is 2.20. The van der Waals surface area contributed by atoms with E-state index in [2.05, 4.69) is 31.9 Å². The fourth-order valence-corrected chi connectivity index (χ4v) is 4.17. The van der Waals surface area contributed by atoms with Crippen molar-refractivity contribution in [3.63, 3.8) is 0 Å². The van der Waals surface area contributed by atoms with Crippen molar-refractivity contribution in [3.8, 4) is 11.5 Å². The van der Waals surface area contributed by atoms with Crippen LogP contribution in [0.4, 0.5) is 0 Å². The molecule has 0 unspecified atom stereocenters. The standard InChI is InChI=1S/C19H12Br2O4/c1-23-18-10-7-12-14(8-11(10)19(24-2)16(21)15(18)20)25-13-6-4-3-5-9(13)17(12)22/h3-8H,1-2H3. The Labute approximate surface area is 159 Å². The molecule has 0 aliphatic carbocycles. The Bertz CT molecular complexity index is 1210. The Morgan fingerprint density at radius 3 is 2.04 bits per heavy atom. The van der Waals surface area contributed by atoms with Gasteiger partial charge in [0, 0.05) is 10.8 Å². The van der Waals surface area contributed by atoms with Crippen LogP contribution in [-0.4, -0.2) is 14.2 Å². The minimum Gasteiger partial charge on any atom is -0.495 e. The van der Waals surface area contributed by atoms with E-state index in [-0.39, 0.29) is 5.43 Å². The maximum atomic E-state index is 12.9. The van der Waals surface area contributed by atoms with Crippen LogP contribution in [0, 0.1) is 0 Å². The number of methoxy groups -OCH3 is 2. The summed E-state index contributed by atoms with van der Waals surface area (Å²) in [5, 5.41) is 2.61. The maximum Gasteiger partial charge on any atom is 0.200 e. The van der Waals surface area contributed by atoms with E-state index >= 15 is 0 Å². The number of benzene rings is 3. The summed E-state index contributed by atoms with van der Waals surface area (Å²) in [5.74, 6) is 1.26. The molecule has 0 atom stereocenters. The quantitative estimate of drug-likeness (QED) is 0.361. The molecular formula is C19H12Br2O4. The lowest BCUT2D eigenvalue weighted by atomic mass is 10.0. The van der Waals surface area contributed by atoms with E-state index in [1.807, 2.05) is 18.2 Å². The first-order chi connectivity index (χ1) is 12.1. The van der Waals surface area contributed by atoms with Crippen molar-refractivity contribution in [3.05, 3.63) is 55.6 Å². The highest BCUT2D eigenvalue weighted by atomic mass is 79.9. The fraction of sp³-hybridized carbons (Fsp3) is 0.105. The van der Waals surface area contributed by atoms with Gasteiger partial charge in [0.2, 0.25) is 5.43 Å². The molecule has 6 heteroatoms. The molecule has 3 aromatic carbocycles. The first-order valence-corrected chi connectivity index (χ1v) is 9.03. The molecule has 4 nitrogen and oxygen atoms in total. The first kappa shape index (κ1) is 16.4. The molecule has 0 aliphatic heterocycles. The Morgan fingerprint density at radius 1 is 0.800 bits per heavy atom. The molecule has 4 aromatic rings. The third-order valence-corrected chi connectivity index (χ3v) is 6.25. The average molecular weight is 464 g/mol. The minimum atomic E-state index is -0.0705. The lowest BCUT2D eigenvalue weighted by molar-refractivity contribution is 0.406. The summed E-state index contributed by atoms with van der Waals surface area (Å²) in [5.41, 5.74) is 0.992. The average Bonchev–Trinajstić information content (AvgIpc) is 2.62. The largest absolute Gasteiger partial charge is 0.495 e. The lowest BCUT2D eigenvalue weighted by Gasteiger charge is -2.15. The molecule has 0 radical (unpaired) electrons. The van der Waals surface area contributed by atoms with E-state index in [1.54, 1.807) is 32.4 Å². The number of fused-ring (bicyclic) bond motifs is 3. The van der Waals surface area contributed by atoms with Gasteiger partial charge in [-0.2, -0.15) is 0 Å². The smallest absolute Gasteiger partial charge is 0.200 e. The van der Waals surface area contributed by atoms with Gasteiger partial charge in [-0.15, -0.1) is 0 Å². The molecular weight excluding hydrogens is 452 g/mol. The summed E-state index contributed by atoms with van der Waals surface area (Å²) >= 11 is 7.05. The molecule has 0 amide bonds. The van der Waals surface area contributed by atoms with Gasteiger partial charge in [0.05, 0.1) is 33.9 Å². The van der Waals surface area contributed by atoms with Crippen molar-refractivity contribution in [2.45, 2.75) is 0 Å². The number of halogens is 2. The molecule has 4 rings (SSSR count). The SMILES string of the molecule is COc1c(Br)c(Br)c(OC)c2cc3c(=O)c4ccccc4oc3cc12. The fourth-order valence-electron chi connectivity index (χ4n) is 3.06. The summed E-state index contributed by atoms with van der Waals surface area (Å²) in [6.45, 7) is 0. The van der Waals surface area contributed by atoms with Crippen LogP contribution in [0.1, 0.15) is 0 Å². The summed E-state index contributed by atoms with van der Waals surface area (Å²) in [7, 11) is 3.19. The van der Waals surface area contributed by atoms with Gasteiger partial charge in [0.1, 0.15) is 22.7 Å². The van der Waals surface area contributed by atoms with Crippen LogP contribution in [0.2, 0.25) is 0 Å². The Hall–Kier alpha value is -2.05. The summed E-state index contributed by atoms with van der Waals surface area (Å²) < 4.78 is 18.5. The van der Waals surface area contributed by atoms with Crippen molar-refractivity contribution in [1.82, 2.24) is 0 Å². The predicted octanol–water partition coefficient (Wildman–Crippen LogP) is 5.64. The van der Waals surface area contributed by atoms with Crippen molar-refractivity contribution in [1.29, 1.82) is 0 Å². The van der Waals surface area contributed by atoms with Gasteiger partial charge >= 0.3 is 0 Å². The first-order valence-electron chi connectivity index (χ1n) is 7.45. The maximum absolute atomic E-state index is 12.9. The van der Waals surface area contributed by atoms with Crippen LogP contribution < -0.4 is 14.9 Å². The van der Waals surface area contributed by atoms with Crippen molar-refractivity contribution in [2.75, 3.05) is 14.2 Å². The van der Waals surface area contributed by atoms with Gasteiger partial charge in [-0.05, 0) is 56.1 Å². The van der Waals surface area contributed by atoms with Gasteiger partial charge in [-0.3, -0.25) is 4.79 Å². The second-order valence-electron chi connectivity index (χ2n) is 5.52. The third-order valence-electron chi connectivity index (χ3n) is 4.20. The zero-order chi connectivity index (χ0) is 17.7. The normalized spacial score (nSPS) is 11.4. The Morgan fingerprint density at radius 2 is 1.40 bits per heavy atom. The highest BCUT2D eigenvalue weighted by molar-refractivity contribution is 9.13. The number of rotatable bonds is 2. The summed E-state index contributed by atoms with van der Waals surface area (Å²) in [6.07, 6.45) is 0. The van der Waals surface area contributed by atoms with E-state index in [9.17, 15) is 4.79 Å². The molecule has 0 bridgehead atoms. The second-order valence-corrected chi connectivity index (χ2v) is 7.10. The summed E-state index contributed by atoms with van der Waals surface area (Å²) in [6, 6.07) is 10.8. The van der Waals surface area contributed by atoms with E-state index in [0.29, 0.717) is 33.4 Å². The third kappa shape index (κ3) is 2.35. The molecule has 0 fully saturated rings. The number of hydrogen-bond donors (Lipinski definition) is 0. The van der Waals surface area contributed by atoms with Gasteiger partial charge in [0.25, 0.3) is 0 Å². The van der Waals surface area contributed by atoms with Crippen LogP contribution in [0.5, 0.6) is 11.5 Å². The zero-order valence-corrected chi connectivity index (χ0v) is 16.5. The summed E-state index contributed by atoms with van der Waals surface area (Å²) in [4.78, 5) is 12.9. The van der Waals surface area contributed by atoms with Crippen molar-refractivity contribution >= 4 is 64.6 Å². The van der Waals surface area contributed by atoms with E-state index in [0.717, 1.165) is 19.7 Å². The molecule has 0 saturated carbocycles. The number of ether oxygens (including phenoxy) is 2. The van der Waals surface area contributed by atoms with Gasteiger partial charge < -0.3 is 13.9 Å². The number of para-hydroxylation sites is 1. The molecule has 0 N–H and O–H groups in total. The van der Waals surface area contributed by atoms with Crippen molar-refractivity contribution in [2.24, 2.45) is 0 Å². The zero-order valence-electron chi connectivity index (χ0n) is 13.4. The van der Waals surface area contributed by atoms with Gasteiger partial charge in [-0.25, -0.2) is 0 Å². The van der Waals surface area contributed by atoms with Gasteiger partial charge in [-0.1, -0.05) is 12.1 Å². The van der Waals surface area contributed by atoms with E-state index in [4.69, 9.17) is 13.9 Å². The number of hydrogen-bond acceptors (Lipinski definition) is 4. The van der Waals surface area contributed by atoms with Crippen molar-refractivity contribution < 1.29 is 13.9 Å². The lowest BCUT2D eigenvalue weighted by Crippen LogP contribution is -2.02. The molecule has 25 heavy (non-hydrogen) atoms. The van der Waals surface area contributed by atoms with E-state index < -0.39 is 0 Å². The van der Waals surface area contributed by atoms with Crippen LogP contribution in [-0.2, 0) is 0 Å².